The molecule has 0 fully saturated rings. The van der Waals surface area contributed by atoms with Crippen LogP contribution >= 0.6 is 0 Å². The summed E-state index contributed by atoms with van der Waals surface area (Å²) in [6.07, 6.45) is 1.40. The van der Waals surface area contributed by atoms with Gasteiger partial charge in [0.1, 0.15) is 0 Å². The predicted octanol–water partition coefficient (Wildman–Crippen LogP) is 1.69. The van der Waals surface area contributed by atoms with Gasteiger partial charge in [0.2, 0.25) is 0 Å². The highest BCUT2D eigenvalue weighted by atomic mass is 16.4. The normalized spacial score (nSPS) is 10.4. The van der Waals surface area contributed by atoms with Gasteiger partial charge in [-0.05, 0) is 25.5 Å². The molecular formula is C15H17N3O3. The number of benzene rings is 1. The number of para-hydroxylation sites is 1. The minimum absolute atomic E-state index is 0.100. The van der Waals surface area contributed by atoms with Crippen molar-refractivity contribution >= 4 is 11.9 Å². The molecule has 6 heteroatoms. The van der Waals surface area contributed by atoms with Crippen molar-refractivity contribution < 1.29 is 14.7 Å². The van der Waals surface area contributed by atoms with E-state index >= 15 is 0 Å². The molecule has 0 spiro atoms. The number of carboxylic acids is 1. The zero-order valence-electron chi connectivity index (χ0n) is 12.0. The molecular weight excluding hydrogens is 270 g/mol. The number of carbonyl (C=O) groups is 2. The van der Waals surface area contributed by atoms with Crippen LogP contribution < -0.4 is 5.32 Å². The molecule has 2 N–H and O–H groups in total. The van der Waals surface area contributed by atoms with Gasteiger partial charge < -0.3 is 10.4 Å². The van der Waals surface area contributed by atoms with Crippen molar-refractivity contribution in [2.24, 2.45) is 0 Å². The van der Waals surface area contributed by atoms with Crippen LogP contribution in [0.15, 0.2) is 30.5 Å². The number of nitrogens with one attached hydrogen (secondary N) is 1. The topological polar surface area (TPSA) is 84.2 Å². The van der Waals surface area contributed by atoms with E-state index in [1.54, 1.807) is 4.68 Å². The first-order valence-corrected chi connectivity index (χ1v) is 6.61. The van der Waals surface area contributed by atoms with Crippen molar-refractivity contribution in [1.82, 2.24) is 15.1 Å². The Morgan fingerprint density at radius 3 is 2.67 bits per heavy atom. The Morgan fingerprint density at radius 1 is 1.29 bits per heavy atom. The van der Waals surface area contributed by atoms with Gasteiger partial charge in [0.15, 0.2) is 0 Å². The summed E-state index contributed by atoms with van der Waals surface area (Å²) in [5.74, 6) is -1.25. The fraction of sp³-hybridized carbons (Fsp3) is 0.267. The number of carbonyl (C=O) groups excluding carboxylic acids is 1. The summed E-state index contributed by atoms with van der Waals surface area (Å²) in [7, 11) is 0. The third-order valence-electron chi connectivity index (χ3n) is 3.22. The molecule has 110 valence electrons. The number of rotatable bonds is 5. The Morgan fingerprint density at radius 2 is 2.00 bits per heavy atom. The van der Waals surface area contributed by atoms with Gasteiger partial charge in [-0.1, -0.05) is 18.2 Å². The molecule has 0 bridgehead atoms. The highest BCUT2D eigenvalue weighted by Gasteiger charge is 2.15. The van der Waals surface area contributed by atoms with E-state index in [0.717, 1.165) is 16.9 Å². The maximum atomic E-state index is 12.0. The predicted molar refractivity (Wildman–Crippen MR) is 77.6 cm³/mol. The number of hydrogen-bond acceptors (Lipinski definition) is 3. The van der Waals surface area contributed by atoms with Crippen molar-refractivity contribution in [2.75, 3.05) is 6.54 Å². The maximum absolute atomic E-state index is 12.0. The summed E-state index contributed by atoms with van der Waals surface area (Å²) in [5, 5.41) is 15.4. The van der Waals surface area contributed by atoms with Crippen molar-refractivity contribution in [3.8, 4) is 5.69 Å². The molecule has 0 aliphatic heterocycles. The zero-order chi connectivity index (χ0) is 15.4. The second-order valence-electron chi connectivity index (χ2n) is 4.74. The van der Waals surface area contributed by atoms with E-state index < -0.39 is 5.97 Å². The SMILES string of the molecule is Cc1ccccc1-n1ncc(C(=O)NCCC(=O)O)c1C. The molecule has 21 heavy (non-hydrogen) atoms. The Labute approximate surface area is 122 Å². The van der Waals surface area contributed by atoms with Gasteiger partial charge in [-0.2, -0.15) is 5.10 Å². The third kappa shape index (κ3) is 3.28. The van der Waals surface area contributed by atoms with Gasteiger partial charge in [-0.15, -0.1) is 0 Å². The van der Waals surface area contributed by atoms with E-state index in [2.05, 4.69) is 10.4 Å². The Bertz CT molecular complexity index is 677. The summed E-state index contributed by atoms with van der Waals surface area (Å²) >= 11 is 0. The van der Waals surface area contributed by atoms with Gasteiger partial charge in [0, 0.05) is 6.54 Å². The van der Waals surface area contributed by atoms with E-state index in [0.29, 0.717) is 5.56 Å². The molecule has 0 saturated carbocycles. The van der Waals surface area contributed by atoms with E-state index in [4.69, 9.17) is 5.11 Å². The molecule has 0 aliphatic carbocycles. The van der Waals surface area contributed by atoms with E-state index in [1.165, 1.54) is 6.20 Å². The van der Waals surface area contributed by atoms with Gasteiger partial charge in [0.25, 0.3) is 5.91 Å². The van der Waals surface area contributed by atoms with Crippen molar-refractivity contribution in [1.29, 1.82) is 0 Å². The molecule has 1 heterocycles. The standard InChI is InChI=1S/C15H17N3O3/c1-10-5-3-4-6-13(10)18-11(2)12(9-17-18)15(21)16-8-7-14(19)20/h3-6,9H,7-8H2,1-2H3,(H,16,21)(H,19,20). The number of nitrogens with zero attached hydrogens (tertiary/aromatic N) is 2. The molecule has 0 radical (unpaired) electrons. The highest BCUT2D eigenvalue weighted by Crippen LogP contribution is 2.17. The lowest BCUT2D eigenvalue weighted by Crippen LogP contribution is -2.26. The number of hydrogen-bond donors (Lipinski definition) is 2. The van der Waals surface area contributed by atoms with E-state index in [9.17, 15) is 9.59 Å². The molecule has 2 rings (SSSR count). The van der Waals surface area contributed by atoms with Gasteiger partial charge in [-0.3, -0.25) is 9.59 Å². The summed E-state index contributed by atoms with van der Waals surface area (Å²) in [4.78, 5) is 22.5. The first-order chi connectivity index (χ1) is 10.0. The highest BCUT2D eigenvalue weighted by molar-refractivity contribution is 5.95. The van der Waals surface area contributed by atoms with Crippen LogP contribution in [-0.4, -0.2) is 33.3 Å². The van der Waals surface area contributed by atoms with Crippen LogP contribution in [0, 0.1) is 13.8 Å². The van der Waals surface area contributed by atoms with Gasteiger partial charge >= 0.3 is 5.97 Å². The van der Waals surface area contributed by atoms with Crippen LogP contribution in [0.2, 0.25) is 0 Å². The molecule has 0 aliphatic rings. The number of aryl methyl sites for hydroxylation is 1. The number of aliphatic carboxylic acids is 1. The monoisotopic (exact) mass is 287 g/mol. The summed E-state index contributed by atoms with van der Waals surface area (Å²) in [6, 6.07) is 7.76. The van der Waals surface area contributed by atoms with Crippen LogP contribution in [0.4, 0.5) is 0 Å². The van der Waals surface area contributed by atoms with E-state index in [-0.39, 0.29) is 18.9 Å². The molecule has 1 aromatic heterocycles. The minimum Gasteiger partial charge on any atom is -0.481 e. The van der Waals surface area contributed by atoms with Crippen LogP contribution in [0.5, 0.6) is 0 Å². The number of aromatic nitrogens is 2. The van der Waals surface area contributed by atoms with Gasteiger partial charge in [-0.25, -0.2) is 4.68 Å². The summed E-state index contributed by atoms with van der Waals surface area (Å²) in [6.45, 7) is 3.89. The Hall–Kier alpha value is -2.63. The largest absolute Gasteiger partial charge is 0.481 e. The average molecular weight is 287 g/mol. The summed E-state index contributed by atoms with van der Waals surface area (Å²) in [5.41, 5.74) is 3.14. The molecule has 0 atom stereocenters. The van der Waals surface area contributed by atoms with Gasteiger partial charge in [0.05, 0.1) is 29.6 Å². The van der Waals surface area contributed by atoms with Crippen molar-refractivity contribution in [3.63, 3.8) is 0 Å². The summed E-state index contributed by atoms with van der Waals surface area (Å²) < 4.78 is 1.71. The number of carboxylic acid groups (broad SMARTS) is 1. The second-order valence-corrected chi connectivity index (χ2v) is 4.74. The maximum Gasteiger partial charge on any atom is 0.305 e. The third-order valence-corrected chi connectivity index (χ3v) is 3.22. The van der Waals surface area contributed by atoms with Crippen molar-refractivity contribution in [2.45, 2.75) is 20.3 Å². The first-order valence-electron chi connectivity index (χ1n) is 6.61. The lowest BCUT2D eigenvalue weighted by Gasteiger charge is -2.08. The molecule has 1 amide bonds. The second kappa shape index (κ2) is 6.21. The zero-order valence-corrected chi connectivity index (χ0v) is 12.0. The fourth-order valence-corrected chi connectivity index (χ4v) is 2.05. The molecule has 2 aromatic rings. The molecule has 1 aromatic carbocycles. The first kappa shape index (κ1) is 14.8. The Kier molecular flexibility index (Phi) is 4.37. The smallest absolute Gasteiger partial charge is 0.305 e. The van der Waals surface area contributed by atoms with Crippen LogP contribution in [0.1, 0.15) is 28.0 Å². The molecule has 6 nitrogen and oxygen atoms in total. The lowest BCUT2D eigenvalue weighted by atomic mass is 10.2. The fourth-order valence-electron chi connectivity index (χ4n) is 2.05. The lowest BCUT2D eigenvalue weighted by molar-refractivity contribution is -0.136. The van der Waals surface area contributed by atoms with Crippen LogP contribution in [0.3, 0.4) is 0 Å². The quantitative estimate of drug-likeness (QED) is 0.876. The van der Waals surface area contributed by atoms with Crippen LogP contribution in [-0.2, 0) is 4.79 Å². The van der Waals surface area contributed by atoms with E-state index in [1.807, 2.05) is 38.1 Å². The molecule has 0 saturated heterocycles. The number of amides is 1. The van der Waals surface area contributed by atoms with Crippen LogP contribution in [0.25, 0.3) is 5.69 Å². The minimum atomic E-state index is -0.942. The Balaban J connectivity index is 2.19. The van der Waals surface area contributed by atoms with Crippen molar-refractivity contribution in [3.05, 3.63) is 47.3 Å². The average Bonchev–Trinajstić information content (AvgIpc) is 2.80. The molecule has 0 unspecified atom stereocenters.